The Kier molecular flexibility index (Phi) is 4.18. The molecule has 0 saturated heterocycles. The van der Waals surface area contributed by atoms with Crippen molar-refractivity contribution in [3.8, 4) is 18.4 Å². The van der Waals surface area contributed by atoms with Crippen LogP contribution in [-0.2, 0) is 0 Å². The van der Waals surface area contributed by atoms with Crippen LogP contribution in [0.15, 0.2) is 23.1 Å². The fraction of sp³-hybridized carbons (Fsp3) is 0.400. The Balaban J connectivity index is 2.33. The summed E-state index contributed by atoms with van der Waals surface area (Å²) < 4.78 is 0. The maximum atomic E-state index is 9.36. The number of benzene rings is 1. The van der Waals surface area contributed by atoms with Gasteiger partial charge in [-0.3, -0.25) is 0 Å². The molecule has 2 nitrogen and oxygen atoms in total. The molecule has 2 rings (SSSR count). The van der Waals surface area contributed by atoms with Crippen molar-refractivity contribution in [1.82, 2.24) is 0 Å². The van der Waals surface area contributed by atoms with E-state index in [9.17, 15) is 5.26 Å². The van der Waals surface area contributed by atoms with Gasteiger partial charge in [-0.05, 0) is 37.1 Å². The Morgan fingerprint density at radius 1 is 1.50 bits per heavy atom. The molecule has 1 aliphatic rings. The Hall–Kier alpha value is -1.58. The molecule has 1 fully saturated rings. The Morgan fingerprint density at radius 2 is 2.28 bits per heavy atom. The molecule has 0 aliphatic heterocycles. The van der Waals surface area contributed by atoms with E-state index in [0.717, 1.165) is 28.6 Å². The van der Waals surface area contributed by atoms with Gasteiger partial charge in [0, 0.05) is 11.4 Å². The molecule has 0 spiro atoms. The fourth-order valence-electron chi connectivity index (χ4n) is 2.04. The lowest BCUT2D eigenvalue weighted by Crippen LogP contribution is -2.26. The highest BCUT2D eigenvalue weighted by Gasteiger charge is 2.25. The average molecular weight is 256 g/mol. The summed E-state index contributed by atoms with van der Waals surface area (Å²) in [5.41, 5.74) is 1.73. The molecule has 1 aromatic carbocycles. The summed E-state index contributed by atoms with van der Waals surface area (Å²) >= 11 is 1.60. The van der Waals surface area contributed by atoms with Crippen molar-refractivity contribution in [3.05, 3.63) is 23.8 Å². The van der Waals surface area contributed by atoms with E-state index >= 15 is 0 Å². The average Bonchev–Trinajstić information content (AvgIpc) is 3.21. The first-order chi connectivity index (χ1) is 8.80. The number of terminal acetylenes is 1. The lowest BCUT2D eigenvalue weighted by molar-refractivity contribution is 0.763. The lowest BCUT2D eigenvalue weighted by atomic mass is 10.1. The number of hydrogen-bond acceptors (Lipinski definition) is 3. The molecule has 0 radical (unpaired) electrons. The molecule has 0 N–H and O–H groups in total. The van der Waals surface area contributed by atoms with Crippen LogP contribution < -0.4 is 4.90 Å². The smallest absolute Gasteiger partial charge is 0.103 e. The first-order valence-corrected chi connectivity index (χ1v) is 7.28. The molecular weight excluding hydrogens is 240 g/mol. The molecule has 1 aliphatic carbocycles. The van der Waals surface area contributed by atoms with Crippen LogP contribution in [0.4, 0.5) is 5.69 Å². The van der Waals surface area contributed by atoms with Gasteiger partial charge in [0.1, 0.15) is 6.07 Å². The minimum Gasteiger partial charge on any atom is -0.359 e. The van der Waals surface area contributed by atoms with Gasteiger partial charge in [0.05, 0.1) is 17.8 Å². The van der Waals surface area contributed by atoms with Crippen molar-refractivity contribution < 1.29 is 0 Å². The maximum Gasteiger partial charge on any atom is 0.103 e. The number of anilines is 1. The molecule has 0 atom stereocenters. The summed E-state index contributed by atoms with van der Waals surface area (Å²) in [6, 6.07) is 8.30. The normalized spacial score (nSPS) is 13.7. The van der Waals surface area contributed by atoms with Crippen LogP contribution in [0.2, 0.25) is 0 Å². The predicted octanol–water partition coefficient (Wildman–Crippen LogP) is 3.13. The largest absolute Gasteiger partial charge is 0.359 e. The van der Waals surface area contributed by atoms with Gasteiger partial charge in [-0.15, -0.1) is 18.2 Å². The van der Waals surface area contributed by atoms with Crippen molar-refractivity contribution >= 4 is 17.4 Å². The minimum absolute atomic E-state index is 0.572. The van der Waals surface area contributed by atoms with Gasteiger partial charge in [-0.2, -0.15) is 5.26 Å². The highest BCUT2D eigenvalue weighted by molar-refractivity contribution is 7.98. The van der Waals surface area contributed by atoms with E-state index in [2.05, 4.69) is 16.9 Å². The van der Waals surface area contributed by atoms with Crippen LogP contribution in [0, 0.1) is 29.6 Å². The third-order valence-electron chi connectivity index (χ3n) is 3.13. The van der Waals surface area contributed by atoms with E-state index in [1.54, 1.807) is 11.8 Å². The zero-order chi connectivity index (χ0) is 13.0. The molecule has 0 amide bonds. The zero-order valence-electron chi connectivity index (χ0n) is 10.5. The van der Waals surface area contributed by atoms with Gasteiger partial charge in [0.2, 0.25) is 0 Å². The number of hydrogen-bond donors (Lipinski definition) is 0. The van der Waals surface area contributed by atoms with E-state index in [1.165, 1.54) is 12.8 Å². The van der Waals surface area contributed by atoms with Crippen LogP contribution in [0.5, 0.6) is 0 Å². The summed E-state index contributed by atoms with van der Waals surface area (Å²) in [6.07, 6.45) is 10.0. The molecule has 0 heterocycles. The molecule has 0 bridgehead atoms. The van der Waals surface area contributed by atoms with Crippen LogP contribution in [0.1, 0.15) is 18.4 Å². The predicted molar refractivity (Wildman–Crippen MR) is 76.7 cm³/mol. The molecule has 1 aromatic rings. The molecular formula is C15H16N2S. The monoisotopic (exact) mass is 256 g/mol. The first-order valence-electron chi connectivity index (χ1n) is 6.05. The van der Waals surface area contributed by atoms with Gasteiger partial charge in [0.25, 0.3) is 0 Å². The Labute approximate surface area is 113 Å². The van der Waals surface area contributed by atoms with E-state index < -0.39 is 0 Å². The minimum atomic E-state index is 0.572. The van der Waals surface area contributed by atoms with Crippen molar-refractivity contribution in [2.24, 2.45) is 5.92 Å². The quantitative estimate of drug-likeness (QED) is 0.598. The second-order valence-electron chi connectivity index (χ2n) is 4.49. The summed E-state index contributed by atoms with van der Waals surface area (Å²) in [4.78, 5) is 3.18. The van der Waals surface area contributed by atoms with Gasteiger partial charge in [-0.25, -0.2) is 0 Å². The number of nitrogens with zero attached hydrogens (tertiary/aromatic N) is 2. The van der Waals surface area contributed by atoms with Crippen molar-refractivity contribution in [2.75, 3.05) is 24.2 Å². The summed E-state index contributed by atoms with van der Waals surface area (Å²) in [7, 11) is 0. The second kappa shape index (κ2) is 5.85. The third kappa shape index (κ3) is 2.81. The molecule has 92 valence electrons. The number of thioether (sulfide) groups is 1. The number of nitriles is 1. The zero-order valence-corrected chi connectivity index (χ0v) is 11.3. The summed E-state index contributed by atoms with van der Waals surface area (Å²) in [5.74, 6) is 3.45. The molecule has 18 heavy (non-hydrogen) atoms. The highest BCUT2D eigenvalue weighted by atomic mass is 32.2. The van der Waals surface area contributed by atoms with E-state index in [4.69, 9.17) is 6.42 Å². The van der Waals surface area contributed by atoms with Gasteiger partial charge in [0.15, 0.2) is 0 Å². The van der Waals surface area contributed by atoms with E-state index in [0.29, 0.717) is 6.54 Å². The van der Waals surface area contributed by atoms with Crippen LogP contribution in [0.3, 0.4) is 0 Å². The highest BCUT2D eigenvalue weighted by Crippen LogP contribution is 2.34. The van der Waals surface area contributed by atoms with Crippen LogP contribution in [-0.4, -0.2) is 19.3 Å². The Morgan fingerprint density at radius 3 is 2.83 bits per heavy atom. The van der Waals surface area contributed by atoms with Gasteiger partial charge >= 0.3 is 0 Å². The van der Waals surface area contributed by atoms with Crippen molar-refractivity contribution in [3.63, 3.8) is 0 Å². The molecule has 0 unspecified atom stereocenters. The van der Waals surface area contributed by atoms with Crippen LogP contribution in [0.25, 0.3) is 0 Å². The van der Waals surface area contributed by atoms with Crippen molar-refractivity contribution in [2.45, 2.75) is 17.7 Å². The van der Waals surface area contributed by atoms with Gasteiger partial charge < -0.3 is 4.90 Å². The summed E-state index contributed by atoms with van der Waals surface area (Å²) in [6.45, 7) is 1.54. The molecule has 1 saturated carbocycles. The van der Waals surface area contributed by atoms with E-state index in [1.807, 2.05) is 24.5 Å². The molecule has 0 aromatic heterocycles. The topological polar surface area (TPSA) is 27.0 Å². The third-order valence-corrected chi connectivity index (χ3v) is 3.91. The maximum absolute atomic E-state index is 9.36. The van der Waals surface area contributed by atoms with E-state index in [-0.39, 0.29) is 0 Å². The second-order valence-corrected chi connectivity index (χ2v) is 5.34. The standard InChI is InChI=1S/C15H16N2S/c1-3-9-17(11-12-7-8-12)14-5-4-6-15(18-2)13(14)10-16/h1,4-6,12H,7-9,11H2,2H3. The SMILES string of the molecule is C#CCN(CC1CC1)c1cccc(SC)c1C#N. The first kappa shape index (κ1) is 12.9. The van der Waals surface area contributed by atoms with Crippen molar-refractivity contribution in [1.29, 1.82) is 5.26 Å². The number of rotatable bonds is 5. The molecule has 3 heteroatoms. The summed E-state index contributed by atoms with van der Waals surface area (Å²) in [5, 5.41) is 9.36. The van der Waals surface area contributed by atoms with Crippen LogP contribution >= 0.6 is 11.8 Å². The fourth-order valence-corrected chi connectivity index (χ4v) is 2.60. The Bertz CT molecular complexity index is 506. The van der Waals surface area contributed by atoms with Gasteiger partial charge in [-0.1, -0.05) is 12.0 Å². The lowest BCUT2D eigenvalue weighted by Gasteiger charge is -2.24.